The fourth-order valence-corrected chi connectivity index (χ4v) is 20.4. The molecule has 4 saturated carbocycles. The number of para-hydroxylation sites is 3. The van der Waals surface area contributed by atoms with Gasteiger partial charge in [0.15, 0.2) is 11.6 Å². The van der Waals surface area contributed by atoms with E-state index >= 15 is 0 Å². The van der Waals surface area contributed by atoms with Crippen LogP contribution in [0.25, 0.3) is 0 Å². The Morgan fingerprint density at radius 1 is 0.379 bits per heavy atom. The van der Waals surface area contributed by atoms with Gasteiger partial charge in [-0.3, -0.25) is 8.37 Å². The third-order valence-corrected chi connectivity index (χ3v) is 32.6. The molecule has 4 aliphatic carbocycles. The van der Waals surface area contributed by atoms with Gasteiger partial charge in [0, 0.05) is 25.9 Å². The standard InChI is InChI=1S/C11H14O3S.2C10H12O3S.2C9H9FO3S.2C9H10O3S.C8H8O3S.C6H8F3NO3S.C6H7F3O4S.C4H8O3S/c12-15(13,11-8-4-5-9-11)14-10-6-2-1-3-7-10;1-3-8-13-14(11,12)10-6-4-9(2)5-7-10;1-2-8-13-14(11,12)9-10-6-4-3-5-7-10;10-7-1-3-8(4-2-7)13-14(11,12)9-5-6-9;10-8-3-1-2-4-9(8)13-14(11,12)7-5-6-7;10-13(11,9-6-7-9)12-8-4-2-1-3-5-8;1-2-12-13(10,11)8-9-6-4-3-5-7-9;1-2-11-12(9,10)8-6-4-3-5-7-8;7-6(8,9)14(11,12)13-5-1-3-10-4-2-5;7-6(8,9)14(10,11)13-5-1-3-12-4-2-5;1-3-7-8(5,6)4-2/h1-3,6-7,11H,4-5,8-9H2;3-7H,1,8H2,2H3;2-7H,1,8-9H2;1-4,9H,5-6H2;1-4,7H,5-6H2;1-5,9H,6-7H2;2-7H,1,8H2;2-7H,1H2;1,10H,2-4H2;1H,2-4H2;3H,1,4H2,2H3. The highest BCUT2D eigenvalue weighted by atomic mass is 32.3. The highest BCUT2D eigenvalue weighted by Gasteiger charge is 2.50. The molecule has 0 amide bonds. The van der Waals surface area contributed by atoms with Gasteiger partial charge in [-0.15, -0.1) is 13.2 Å². The summed E-state index contributed by atoms with van der Waals surface area (Å²) in [5.41, 5.74) is -8.32. The molecule has 54 heteroatoms. The summed E-state index contributed by atoms with van der Waals surface area (Å²) in [4.78, 5) is 0.301. The third-order valence-electron chi connectivity index (χ3n) is 17.8. The second-order valence-corrected chi connectivity index (χ2v) is 48.3. The van der Waals surface area contributed by atoms with Crippen molar-refractivity contribution in [2.75, 3.05) is 45.3 Å². The van der Waals surface area contributed by atoms with Crippen molar-refractivity contribution in [2.45, 2.75) is 144 Å². The average molecular weight is 2260 g/mol. The first-order valence-corrected chi connectivity index (χ1v) is 58.8. The van der Waals surface area contributed by atoms with Crippen molar-refractivity contribution in [1.82, 2.24) is 5.32 Å². The molecule has 0 bridgehead atoms. The average Bonchev–Trinajstić information content (AvgIpc) is 0.881. The van der Waals surface area contributed by atoms with Crippen LogP contribution in [0.5, 0.6) is 23.0 Å². The van der Waals surface area contributed by atoms with Crippen molar-refractivity contribution >= 4 is 111 Å². The van der Waals surface area contributed by atoms with E-state index in [4.69, 9.17) is 17.3 Å². The molecule has 1 N–H and O–H groups in total. The number of alkyl halides is 6. The Morgan fingerprint density at radius 2 is 0.745 bits per heavy atom. The van der Waals surface area contributed by atoms with E-state index in [1.807, 2.05) is 31.2 Å². The summed E-state index contributed by atoms with van der Waals surface area (Å²) in [6.45, 7) is 20.5. The first-order valence-electron chi connectivity index (χ1n) is 42.6. The van der Waals surface area contributed by atoms with E-state index in [2.05, 4.69) is 71.7 Å². The molecule has 0 radical (unpaired) electrons. The molecular formula is C91H107F8NO34S11. The molecule has 8 aromatic rings. The van der Waals surface area contributed by atoms with Crippen LogP contribution in [-0.4, -0.2) is 170 Å². The summed E-state index contributed by atoms with van der Waals surface area (Å²) in [7, 11) is -42.3. The van der Waals surface area contributed by atoms with Crippen LogP contribution in [-0.2, 0) is 157 Å². The van der Waals surface area contributed by atoms with E-state index < -0.39 is 139 Å². The SMILES string of the molecule is C=CCOS(=O)(=O)Cc1ccccc1.C=CCOS(=O)(=O)c1ccc(C)cc1.C=COS(=O)(=O)CC.C=COS(=O)(=O)Cc1ccccc1.C=COS(=O)(=O)c1ccccc1.O=S(=O)(OC1=CCNCC1)C(F)(F)F.O=S(=O)(OC1=CCOCC1)C(F)(F)F.O=S(=O)(Oc1ccc(F)cc1)C1CC1.O=S(=O)(Oc1ccccc1)C1CC1.O=S(=O)(Oc1ccccc1)C1CCCC1.O=S(=O)(Oc1ccccc1F)C1CC1. The quantitative estimate of drug-likeness (QED) is 0.0127. The maximum Gasteiger partial charge on any atom is 0.534 e. The first kappa shape index (κ1) is 126. The molecule has 2 heterocycles. The van der Waals surface area contributed by atoms with E-state index in [9.17, 15) is 128 Å². The number of hydrogen-bond donors (Lipinski definition) is 1. The highest BCUT2D eigenvalue weighted by molar-refractivity contribution is 7.90. The van der Waals surface area contributed by atoms with Gasteiger partial charge < -0.3 is 47.7 Å². The summed E-state index contributed by atoms with van der Waals surface area (Å²) in [6.07, 6.45) is 15.5. The van der Waals surface area contributed by atoms with Crippen LogP contribution in [0, 0.1) is 18.6 Å². The third kappa shape index (κ3) is 51.2. The van der Waals surface area contributed by atoms with E-state index in [1.54, 1.807) is 127 Å². The second kappa shape index (κ2) is 60.2. The monoisotopic (exact) mass is 2260 g/mol. The Morgan fingerprint density at radius 3 is 1.12 bits per heavy atom. The molecule has 8 aromatic carbocycles. The minimum absolute atomic E-state index is 0.00376. The number of aryl methyl sites for hydroxylation is 1. The van der Waals surface area contributed by atoms with Gasteiger partial charge in [-0.1, -0.05) is 190 Å². The first-order chi connectivity index (χ1) is 67.8. The summed E-state index contributed by atoms with van der Waals surface area (Å²) in [6, 6.07) is 59.8. The van der Waals surface area contributed by atoms with Crippen LogP contribution in [0.4, 0.5) is 35.1 Å². The van der Waals surface area contributed by atoms with Gasteiger partial charge in [0.25, 0.3) is 20.2 Å². The Balaban J connectivity index is 0.000000333. The lowest BCUT2D eigenvalue weighted by Crippen LogP contribution is -2.28. The molecule has 6 aliphatic rings. The number of halogens is 8. The second-order valence-electron chi connectivity index (χ2n) is 29.6. The number of benzene rings is 8. The van der Waals surface area contributed by atoms with Crippen molar-refractivity contribution in [3.05, 3.63) is 340 Å². The normalized spacial score (nSPS) is 14.8. The van der Waals surface area contributed by atoms with E-state index in [0.29, 0.717) is 55.8 Å². The van der Waals surface area contributed by atoms with Crippen LogP contribution in [0.3, 0.4) is 0 Å². The predicted molar refractivity (Wildman–Crippen MR) is 522 cm³/mol. The zero-order chi connectivity index (χ0) is 108. The zero-order valence-electron chi connectivity index (χ0n) is 77.5. The van der Waals surface area contributed by atoms with Crippen molar-refractivity contribution in [3.63, 3.8) is 0 Å². The molecule has 0 atom stereocenters. The minimum atomic E-state index is -5.52. The van der Waals surface area contributed by atoms with E-state index in [1.165, 1.54) is 79.7 Å². The molecule has 0 aromatic heterocycles. The summed E-state index contributed by atoms with van der Waals surface area (Å²) < 4.78 is 395. The van der Waals surface area contributed by atoms with Gasteiger partial charge in [0.2, 0.25) is 0 Å². The summed E-state index contributed by atoms with van der Waals surface area (Å²) in [5.74, 6) is -0.954. The van der Waals surface area contributed by atoms with Gasteiger partial charge in [0.1, 0.15) is 51.0 Å². The number of nitrogens with one attached hydrogen (secondary N) is 1. The Labute approximate surface area is 841 Å². The molecule has 145 heavy (non-hydrogen) atoms. The number of hydrogen-bond acceptors (Lipinski definition) is 35. The Bertz CT molecular complexity index is 6750. The topological polar surface area (TPSA) is 498 Å². The zero-order valence-corrected chi connectivity index (χ0v) is 86.5. The van der Waals surface area contributed by atoms with E-state index in [0.717, 1.165) is 92.7 Å². The van der Waals surface area contributed by atoms with Crippen LogP contribution in [0.1, 0.15) is 101 Å². The molecule has 2 aliphatic heterocycles. The van der Waals surface area contributed by atoms with Crippen molar-refractivity contribution in [2.24, 2.45) is 0 Å². The van der Waals surface area contributed by atoms with Crippen molar-refractivity contribution in [1.29, 1.82) is 0 Å². The minimum Gasteiger partial charge on any atom is -0.391 e. The van der Waals surface area contributed by atoms with Gasteiger partial charge in [-0.25, -0.2) is 8.78 Å². The lowest BCUT2D eigenvalue weighted by atomic mass is 10.2. The molecule has 0 unspecified atom stereocenters. The van der Waals surface area contributed by atoms with Gasteiger partial charge in [-0.05, 0) is 173 Å². The predicted octanol–water partition coefficient (Wildman–Crippen LogP) is 16.5. The van der Waals surface area contributed by atoms with Crippen LogP contribution < -0.4 is 22.0 Å². The van der Waals surface area contributed by atoms with Crippen molar-refractivity contribution < 1.29 is 178 Å². The van der Waals surface area contributed by atoms with Crippen LogP contribution in [0.2, 0.25) is 0 Å². The maximum atomic E-state index is 13.0. The molecule has 4 fully saturated rings. The number of rotatable bonds is 35. The largest absolute Gasteiger partial charge is 0.534 e. The van der Waals surface area contributed by atoms with Crippen molar-refractivity contribution in [3.8, 4) is 23.0 Å². The Hall–Kier alpha value is -11.1. The molecule has 14 rings (SSSR count). The summed E-state index contributed by atoms with van der Waals surface area (Å²) >= 11 is 0. The smallest absolute Gasteiger partial charge is 0.391 e. The van der Waals surface area contributed by atoms with Gasteiger partial charge in [-0.2, -0.15) is 119 Å². The molecule has 0 spiro atoms. The summed E-state index contributed by atoms with van der Waals surface area (Å²) in [5, 5.41) is 1.42. The fraction of sp³-hybridized carbons (Fsp3) is 0.319. The molecule has 802 valence electrons. The molecule has 0 saturated heterocycles. The lowest BCUT2D eigenvalue weighted by molar-refractivity contribution is -0.0530. The van der Waals surface area contributed by atoms with Gasteiger partial charge >= 0.3 is 102 Å². The fourth-order valence-electron chi connectivity index (χ4n) is 10.3. The highest BCUT2D eigenvalue weighted by Crippen LogP contribution is 2.35. The maximum absolute atomic E-state index is 13.0. The van der Waals surface area contributed by atoms with E-state index in [-0.39, 0.29) is 105 Å². The Kier molecular flexibility index (Phi) is 52.4. The number of ether oxygens (including phenoxy) is 1. The van der Waals surface area contributed by atoms with Gasteiger partial charge in [0.05, 0.1) is 76.9 Å². The lowest BCUT2D eigenvalue weighted by Gasteiger charge is -2.15. The van der Waals surface area contributed by atoms with Crippen LogP contribution in [0.15, 0.2) is 322 Å². The molecular weight excluding hydrogens is 2160 g/mol. The van der Waals surface area contributed by atoms with Crippen LogP contribution >= 0.6 is 0 Å². The molecule has 35 nitrogen and oxygen atoms in total.